The smallest absolute Gasteiger partial charge is 0.330 e. The minimum atomic E-state index is -0.297. The number of allylic oxidation sites excluding steroid dienone is 3. The highest BCUT2D eigenvalue weighted by molar-refractivity contribution is 5.82. The fraction of sp³-hybridized carbons (Fsp3) is 0.214. The normalized spacial score (nSPS) is 11.1. The van der Waals surface area contributed by atoms with Gasteiger partial charge in [-0.2, -0.15) is 0 Å². The zero-order valence-electron chi connectivity index (χ0n) is 9.43. The predicted molar refractivity (Wildman–Crippen MR) is 65.1 cm³/mol. The van der Waals surface area contributed by atoms with Crippen LogP contribution in [-0.2, 0) is 16.0 Å². The molecule has 0 aliphatic carbocycles. The highest BCUT2D eigenvalue weighted by Crippen LogP contribution is 1.99. The monoisotopic (exact) mass is 216 g/mol. The first-order valence-corrected chi connectivity index (χ1v) is 5.33. The molecule has 0 aliphatic rings. The molecule has 0 aliphatic heterocycles. The molecule has 16 heavy (non-hydrogen) atoms. The van der Waals surface area contributed by atoms with Gasteiger partial charge in [0.15, 0.2) is 0 Å². The van der Waals surface area contributed by atoms with Gasteiger partial charge in [-0.25, -0.2) is 4.79 Å². The van der Waals surface area contributed by atoms with Crippen molar-refractivity contribution >= 4 is 5.97 Å². The molecule has 1 aromatic carbocycles. The third-order valence-electron chi connectivity index (χ3n) is 2.01. The summed E-state index contributed by atoms with van der Waals surface area (Å²) in [5, 5.41) is 0. The molecule has 1 rings (SSSR count). The number of rotatable bonds is 5. The van der Waals surface area contributed by atoms with Crippen LogP contribution in [0.15, 0.2) is 54.6 Å². The largest absolute Gasteiger partial charge is 0.462 e. The molecule has 0 spiro atoms. The van der Waals surface area contributed by atoms with Gasteiger partial charge in [0.25, 0.3) is 0 Å². The van der Waals surface area contributed by atoms with Gasteiger partial charge in [-0.05, 0) is 12.5 Å². The van der Waals surface area contributed by atoms with Crippen LogP contribution in [0.2, 0.25) is 0 Å². The molecule has 1 aromatic rings. The van der Waals surface area contributed by atoms with Crippen LogP contribution in [0, 0.1) is 0 Å². The Kier molecular flexibility index (Phi) is 5.71. The zero-order valence-corrected chi connectivity index (χ0v) is 9.43. The number of carbonyl (C=O) groups excluding carboxylic acids is 1. The number of hydrogen-bond acceptors (Lipinski definition) is 2. The summed E-state index contributed by atoms with van der Waals surface area (Å²) in [5.74, 6) is -0.297. The van der Waals surface area contributed by atoms with Crippen LogP contribution in [-0.4, -0.2) is 12.6 Å². The first-order chi connectivity index (χ1) is 7.83. The maximum Gasteiger partial charge on any atom is 0.330 e. The second-order valence-electron chi connectivity index (χ2n) is 3.29. The zero-order chi connectivity index (χ0) is 11.6. The van der Waals surface area contributed by atoms with Crippen molar-refractivity contribution in [3.8, 4) is 0 Å². The molecule has 0 N–H and O–H groups in total. The van der Waals surface area contributed by atoms with E-state index in [-0.39, 0.29) is 5.97 Å². The summed E-state index contributed by atoms with van der Waals surface area (Å²) < 4.78 is 5.03. The van der Waals surface area contributed by atoms with Gasteiger partial charge in [0, 0.05) is 12.5 Å². The molecule has 0 atom stereocenters. The van der Waals surface area contributed by atoms with Gasteiger partial charge in [-0.15, -0.1) is 0 Å². The molecular formula is C14H16O2. The molecule has 0 radical (unpaired) electrons. The lowest BCUT2D eigenvalue weighted by molar-refractivity contribution is -0.137. The second kappa shape index (κ2) is 7.46. The summed E-state index contributed by atoms with van der Waals surface area (Å²) in [7, 11) is 0. The lowest BCUT2D eigenvalue weighted by Crippen LogP contribution is -2.04. The van der Waals surface area contributed by atoms with Crippen molar-refractivity contribution in [2.75, 3.05) is 6.61 Å². The van der Waals surface area contributed by atoms with E-state index in [0.29, 0.717) is 6.61 Å². The fourth-order valence-electron chi connectivity index (χ4n) is 1.21. The average molecular weight is 216 g/mol. The Morgan fingerprint density at radius 3 is 2.69 bits per heavy atom. The van der Waals surface area contributed by atoms with Gasteiger partial charge in [0.05, 0.1) is 6.61 Å². The van der Waals surface area contributed by atoms with Crippen molar-refractivity contribution < 1.29 is 9.53 Å². The molecule has 0 saturated heterocycles. The first-order valence-electron chi connectivity index (χ1n) is 5.33. The third-order valence-corrected chi connectivity index (χ3v) is 2.01. The number of esters is 1. The van der Waals surface area contributed by atoms with Crippen LogP contribution >= 0.6 is 0 Å². The molecule has 0 saturated carbocycles. The van der Waals surface area contributed by atoms with Gasteiger partial charge >= 0.3 is 5.97 Å². The fourth-order valence-corrected chi connectivity index (χ4v) is 1.21. The Morgan fingerprint density at radius 1 is 1.25 bits per heavy atom. The molecule has 0 bridgehead atoms. The predicted octanol–water partition coefficient (Wildman–Crippen LogP) is 2.90. The minimum absolute atomic E-state index is 0.297. The van der Waals surface area contributed by atoms with Crippen LogP contribution in [0.3, 0.4) is 0 Å². The second-order valence-corrected chi connectivity index (χ2v) is 3.29. The summed E-state index contributed by atoms with van der Waals surface area (Å²) in [6, 6.07) is 9.95. The Hall–Kier alpha value is -1.83. The van der Waals surface area contributed by atoms with Crippen molar-refractivity contribution in [3.63, 3.8) is 0 Å². The molecular weight excluding hydrogens is 200 g/mol. The van der Waals surface area contributed by atoms with Gasteiger partial charge < -0.3 is 4.74 Å². The summed E-state index contributed by atoms with van der Waals surface area (Å²) in [4.78, 5) is 11.2. The van der Waals surface area contributed by atoms with Crippen LogP contribution in [0.5, 0.6) is 0 Å². The van der Waals surface area contributed by atoms with Gasteiger partial charge in [0.1, 0.15) is 0 Å². The summed E-state index contributed by atoms with van der Waals surface area (Å²) in [5.41, 5.74) is 1.17. The average Bonchev–Trinajstić information content (AvgIpc) is 2.31. The first kappa shape index (κ1) is 12.2. The Balaban J connectivity index is 2.23. The van der Waals surface area contributed by atoms with Crippen molar-refractivity contribution in [2.24, 2.45) is 0 Å². The van der Waals surface area contributed by atoms with E-state index in [1.807, 2.05) is 43.3 Å². The standard InChI is InChI=1S/C14H16O2/c1-2-3-5-10-14(15)16-12-11-13-8-6-4-7-9-13/h2-10H,11-12H2,1H3/b3-2+,10-5?. The van der Waals surface area contributed by atoms with E-state index in [2.05, 4.69) is 0 Å². The highest BCUT2D eigenvalue weighted by atomic mass is 16.5. The maximum atomic E-state index is 11.2. The van der Waals surface area contributed by atoms with Crippen LogP contribution in [0.4, 0.5) is 0 Å². The van der Waals surface area contributed by atoms with E-state index in [1.165, 1.54) is 11.6 Å². The van der Waals surface area contributed by atoms with Gasteiger partial charge in [-0.1, -0.05) is 48.6 Å². The van der Waals surface area contributed by atoms with E-state index in [1.54, 1.807) is 12.2 Å². The summed E-state index contributed by atoms with van der Waals surface area (Å²) in [6.07, 6.45) is 7.49. The maximum absolute atomic E-state index is 11.2. The summed E-state index contributed by atoms with van der Waals surface area (Å²) >= 11 is 0. The van der Waals surface area contributed by atoms with E-state index in [0.717, 1.165) is 6.42 Å². The Morgan fingerprint density at radius 2 is 2.00 bits per heavy atom. The van der Waals surface area contributed by atoms with Crippen molar-refractivity contribution in [2.45, 2.75) is 13.3 Å². The van der Waals surface area contributed by atoms with Crippen LogP contribution in [0.1, 0.15) is 12.5 Å². The molecule has 0 fully saturated rings. The topological polar surface area (TPSA) is 26.3 Å². The Bertz CT molecular complexity index is 364. The van der Waals surface area contributed by atoms with E-state index >= 15 is 0 Å². The molecule has 0 amide bonds. The molecule has 0 heterocycles. The van der Waals surface area contributed by atoms with Gasteiger partial charge in [-0.3, -0.25) is 0 Å². The minimum Gasteiger partial charge on any atom is -0.462 e. The SMILES string of the molecule is C/C=C/C=CC(=O)OCCc1ccccc1. The summed E-state index contributed by atoms with van der Waals surface area (Å²) in [6.45, 7) is 2.31. The van der Waals surface area contributed by atoms with E-state index < -0.39 is 0 Å². The Labute approximate surface area is 96.2 Å². The highest BCUT2D eigenvalue weighted by Gasteiger charge is 1.96. The number of ether oxygens (including phenoxy) is 1. The molecule has 2 heteroatoms. The number of carbonyl (C=O) groups is 1. The van der Waals surface area contributed by atoms with E-state index in [9.17, 15) is 4.79 Å². The molecule has 2 nitrogen and oxygen atoms in total. The van der Waals surface area contributed by atoms with E-state index in [4.69, 9.17) is 4.74 Å². The number of hydrogen-bond donors (Lipinski definition) is 0. The lowest BCUT2D eigenvalue weighted by atomic mass is 10.2. The molecule has 84 valence electrons. The third kappa shape index (κ3) is 5.15. The molecule has 0 aromatic heterocycles. The quantitative estimate of drug-likeness (QED) is 0.430. The van der Waals surface area contributed by atoms with Crippen molar-refractivity contribution in [1.82, 2.24) is 0 Å². The van der Waals surface area contributed by atoms with Crippen molar-refractivity contribution in [1.29, 1.82) is 0 Å². The van der Waals surface area contributed by atoms with Crippen LogP contribution < -0.4 is 0 Å². The van der Waals surface area contributed by atoms with Crippen molar-refractivity contribution in [3.05, 3.63) is 60.2 Å². The van der Waals surface area contributed by atoms with Gasteiger partial charge in [0.2, 0.25) is 0 Å². The number of benzene rings is 1. The lowest BCUT2D eigenvalue weighted by Gasteiger charge is -2.01. The van der Waals surface area contributed by atoms with Crippen LogP contribution in [0.25, 0.3) is 0 Å². The molecule has 0 unspecified atom stereocenters.